The van der Waals surface area contributed by atoms with Crippen LogP contribution in [0, 0.1) is 13.8 Å². The van der Waals surface area contributed by atoms with Gasteiger partial charge in [0.25, 0.3) is 0 Å². The molecule has 0 aliphatic carbocycles. The lowest BCUT2D eigenvalue weighted by Crippen LogP contribution is -2.42. The maximum Gasteiger partial charge on any atom is 0.317 e. The second-order valence-electron chi connectivity index (χ2n) is 4.32. The first kappa shape index (κ1) is 16.3. The average Bonchev–Trinajstić information content (AvgIpc) is 2.44. The smallest absolute Gasteiger partial charge is 0.317 e. The fourth-order valence-electron chi connectivity index (χ4n) is 1.49. The Morgan fingerprint density at radius 1 is 1.15 bits per heavy atom. The van der Waals surface area contributed by atoms with Crippen LogP contribution >= 0.6 is 0 Å². The summed E-state index contributed by atoms with van der Waals surface area (Å²) in [4.78, 5) is 11.5. The minimum atomic E-state index is -0.457. The van der Waals surface area contributed by atoms with Crippen LogP contribution in [0.3, 0.4) is 0 Å². The van der Waals surface area contributed by atoms with Crippen molar-refractivity contribution >= 4 is 6.03 Å². The van der Waals surface area contributed by atoms with Gasteiger partial charge in [0, 0.05) is 14.2 Å². The van der Waals surface area contributed by atoms with E-state index in [1.165, 1.54) is 19.8 Å². The summed E-state index contributed by atoms with van der Waals surface area (Å²) in [5, 5.41) is 5.20. The summed E-state index contributed by atoms with van der Waals surface area (Å²) >= 11 is 0. The Morgan fingerprint density at radius 2 is 1.85 bits per heavy atom. The van der Waals surface area contributed by atoms with Crippen LogP contribution in [-0.4, -0.2) is 39.8 Å². The number of amides is 2. The number of carbonyl (C=O) groups is 1. The summed E-state index contributed by atoms with van der Waals surface area (Å²) in [6, 6.07) is 5.44. The molecule has 0 aliphatic rings. The molecule has 1 rings (SSSR count). The fourth-order valence-corrected chi connectivity index (χ4v) is 1.49. The molecule has 112 valence electrons. The summed E-state index contributed by atoms with van der Waals surface area (Å²) in [7, 11) is 3.02. The monoisotopic (exact) mass is 282 g/mol. The Balaban J connectivity index is 2.26. The van der Waals surface area contributed by atoms with E-state index in [0.717, 1.165) is 11.3 Å². The number of nitrogens with one attached hydrogen (secondary N) is 2. The molecule has 0 atom stereocenters. The zero-order valence-corrected chi connectivity index (χ0v) is 12.4. The number of hydrogen-bond donors (Lipinski definition) is 2. The van der Waals surface area contributed by atoms with Gasteiger partial charge in [0.05, 0.1) is 6.54 Å². The molecule has 0 radical (unpaired) electrons. The summed E-state index contributed by atoms with van der Waals surface area (Å²) < 4.78 is 15.3. The summed E-state index contributed by atoms with van der Waals surface area (Å²) in [5.74, 6) is 0.722. The predicted octanol–water partition coefficient (Wildman–Crippen LogP) is 1.56. The van der Waals surface area contributed by atoms with E-state index in [1.807, 2.05) is 32.0 Å². The van der Waals surface area contributed by atoms with Crippen molar-refractivity contribution in [1.29, 1.82) is 0 Å². The normalized spacial score (nSPS) is 10.4. The molecule has 2 amide bonds. The van der Waals surface area contributed by atoms with Gasteiger partial charge < -0.3 is 24.8 Å². The molecule has 0 bridgehead atoms. The number of aryl methyl sites for hydroxylation is 2. The van der Waals surface area contributed by atoms with E-state index in [1.54, 1.807) is 0 Å². The molecule has 0 fully saturated rings. The molecular weight excluding hydrogens is 260 g/mol. The van der Waals surface area contributed by atoms with Crippen molar-refractivity contribution < 1.29 is 19.0 Å². The Kier molecular flexibility index (Phi) is 6.83. The van der Waals surface area contributed by atoms with Crippen molar-refractivity contribution in [3.63, 3.8) is 0 Å². The van der Waals surface area contributed by atoms with E-state index < -0.39 is 6.29 Å². The van der Waals surface area contributed by atoms with Gasteiger partial charge in [-0.15, -0.1) is 0 Å². The molecule has 2 N–H and O–H groups in total. The van der Waals surface area contributed by atoms with Crippen LogP contribution in [0.4, 0.5) is 4.79 Å². The number of hydrogen-bond acceptors (Lipinski definition) is 4. The van der Waals surface area contributed by atoms with E-state index in [2.05, 4.69) is 10.6 Å². The summed E-state index contributed by atoms with van der Waals surface area (Å²) in [6.45, 7) is 4.41. The SMILES string of the molecule is COC(CNC(=O)NCOc1ccc(C)c(C)c1)OC. The van der Waals surface area contributed by atoms with Gasteiger partial charge in [0.1, 0.15) is 5.75 Å². The van der Waals surface area contributed by atoms with Crippen LogP contribution in [0.1, 0.15) is 11.1 Å². The summed E-state index contributed by atoms with van der Waals surface area (Å²) in [5.41, 5.74) is 2.35. The zero-order chi connectivity index (χ0) is 15.0. The first-order valence-corrected chi connectivity index (χ1v) is 6.34. The van der Waals surface area contributed by atoms with Crippen LogP contribution in [0.2, 0.25) is 0 Å². The molecule has 0 heterocycles. The first-order chi connectivity index (χ1) is 9.56. The van der Waals surface area contributed by atoms with Gasteiger partial charge in [-0.3, -0.25) is 0 Å². The van der Waals surface area contributed by atoms with E-state index >= 15 is 0 Å². The lowest BCUT2D eigenvalue weighted by atomic mass is 10.1. The highest BCUT2D eigenvalue weighted by atomic mass is 16.7. The molecular formula is C14H22N2O4. The molecule has 6 nitrogen and oxygen atoms in total. The number of rotatable bonds is 7. The van der Waals surface area contributed by atoms with Crippen molar-refractivity contribution in [2.75, 3.05) is 27.5 Å². The van der Waals surface area contributed by atoms with Crippen molar-refractivity contribution in [2.24, 2.45) is 0 Å². The minimum absolute atomic E-state index is 0.0962. The molecule has 1 aromatic carbocycles. The molecule has 0 spiro atoms. The lowest BCUT2D eigenvalue weighted by molar-refractivity contribution is -0.0972. The quantitative estimate of drug-likeness (QED) is 0.745. The molecule has 1 aromatic rings. The molecule has 0 saturated heterocycles. The van der Waals surface area contributed by atoms with Crippen molar-refractivity contribution in [2.45, 2.75) is 20.1 Å². The van der Waals surface area contributed by atoms with E-state index in [-0.39, 0.29) is 19.3 Å². The molecule has 0 saturated carbocycles. The number of benzene rings is 1. The van der Waals surface area contributed by atoms with E-state index in [9.17, 15) is 4.79 Å². The second-order valence-corrected chi connectivity index (χ2v) is 4.32. The van der Waals surface area contributed by atoms with Gasteiger partial charge in [-0.05, 0) is 37.1 Å². The molecule has 0 aromatic heterocycles. The highest BCUT2D eigenvalue weighted by molar-refractivity contribution is 5.73. The Labute approximate surface area is 119 Å². The van der Waals surface area contributed by atoms with E-state index in [0.29, 0.717) is 0 Å². The third-order valence-electron chi connectivity index (χ3n) is 2.91. The zero-order valence-electron chi connectivity index (χ0n) is 12.4. The van der Waals surface area contributed by atoms with Gasteiger partial charge in [0.15, 0.2) is 13.0 Å². The number of urea groups is 1. The van der Waals surface area contributed by atoms with E-state index in [4.69, 9.17) is 14.2 Å². The second kappa shape index (κ2) is 8.39. The van der Waals surface area contributed by atoms with Crippen LogP contribution in [0.15, 0.2) is 18.2 Å². The highest BCUT2D eigenvalue weighted by Gasteiger charge is 2.07. The number of ether oxygens (including phenoxy) is 3. The van der Waals surface area contributed by atoms with Crippen molar-refractivity contribution in [3.05, 3.63) is 29.3 Å². The van der Waals surface area contributed by atoms with Crippen LogP contribution in [0.25, 0.3) is 0 Å². The maximum atomic E-state index is 11.5. The van der Waals surface area contributed by atoms with Gasteiger partial charge >= 0.3 is 6.03 Å². The lowest BCUT2D eigenvalue weighted by Gasteiger charge is -2.14. The van der Waals surface area contributed by atoms with Gasteiger partial charge in [-0.2, -0.15) is 0 Å². The van der Waals surface area contributed by atoms with Gasteiger partial charge in [0.2, 0.25) is 0 Å². The van der Waals surface area contributed by atoms with Crippen molar-refractivity contribution in [1.82, 2.24) is 10.6 Å². The number of carbonyl (C=O) groups excluding carboxylic acids is 1. The van der Waals surface area contributed by atoms with Gasteiger partial charge in [-0.1, -0.05) is 6.07 Å². The standard InChI is InChI=1S/C14H22N2O4/c1-10-5-6-12(7-11(10)2)20-9-16-14(17)15-8-13(18-3)19-4/h5-7,13H,8-9H2,1-4H3,(H2,15,16,17). The molecule has 0 unspecified atom stereocenters. The first-order valence-electron chi connectivity index (χ1n) is 6.34. The average molecular weight is 282 g/mol. The molecule has 6 heteroatoms. The van der Waals surface area contributed by atoms with Gasteiger partial charge in [-0.25, -0.2) is 4.79 Å². The third kappa shape index (κ3) is 5.46. The predicted molar refractivity (Wildman–Crippen MR) is 75.8 cm³/mol. The third-order valence-corrected chi connectivity index (χ3v) is 2.91. The summed E-state index contributed by atoms with van der Waals surface area (Å²) in [6.07, 6.45) is -0.457. The number of methoxy groups -OCH3 is 2. The Hall–Kier alpha value is -1.79. The fraction of sp³-hybridized carbons (Fsp3) is 0.500. The van der Waals surface area contributed by atoms with Crippen LogP contribution < -0.4 is 15.4 Å². The largest absolute Gasteiger partial charge is 0.473 e. The minimum Gasteiger partial charge on any atom is -0.473 e. The molecule has 20 heavy (non-hydrogen) atoms. The van der Waals surface area contributed by atoms with Crippen LogP contribution in [-0.2, 0) is 9.47 Å². The van der Waals surface area contributed by atoms with Crippen molar-refractivity contribution in [3.8, 4) is 5.75 Å². The topological polar surface area (TPSA) is 68.8 Å². The Morgan fingerprint density at radius 3 is 2.45 bits per heavy atom. The van der Waals surface area contributed by atoms with Crippen LogP contribution in [0.5, 0.6) is 5.75 Å². The highest BCUT2D eigenvalue weighted by Crippen LogP contribution is 2.15. The Bertz CT molecular complexity index is 433. The maximum absolute atomic E-state index is 11.5. The molecule has 0 aliphatic heterocycles.